The molecule has 1 heterocycles. The van der Waals surface area contributed by atoms with Gasteiger partial charge in [0.05, 0.1) is 30.2 Å². The van der Waals surface area contributed by atoms with Crippen molar-refractivity contribution in [2.24, 2.45) is 0 Å². The highest BCUT2D eigenvalue weighted by Gasteiger charge is 2.36. The summed E-state index contributed by atoms with van der Waals surface area (Å²) in [5.74, 6) is -2.02. The summed E-state index contributed by atoms with van der Waals surface area (Å²) in [7, 11) is 1.26. The zero-order valence-corrected chi connectivity index (χ0v) is 16.8. The lowest BCUT2D eigenvalue weighted by Crippen LogP contribution is -2.30. The Morgan fingerprint density at radius 3 is 2.57 bits per heavy atom. The number of aryl methyl sites for hydroxylation is 1. The fraction of sp³-hybridized carbons (Fsp3) is 0.250. The molecular formula is C24H22F2N2O2. The first-order chi connectivity index (χ1) is 14.5. The van der Waals surface area contributed by atoms with E-state index in [1.54, 1.807) is 6.92 Å². The number of alkyl halides is 1. The highest BCUT2D eigenvalue weighted by molar-refractivity contribution is 5.93. The van der Waals surface area contributed by atoms with Gasteiger partial charge in [-0.05, 0) is 48.6 Å². The number of carbonyl (C=O) groups excluding carboxylic acids is 1. The minimum Gasteiger partial charge on any atom is -0.466 e. The second kappa shape index (κ2) is 9.36. The molecule has 30 heavy (non-hydrogen) atoms. The van der Waals surface area contributed by atoms with E-state index in [4.69, 9.17) is 4.74 Å². The predicted octanol–water partition coefficient (Wildman–Crippen LogP) is 4.84. The van der Waals surface area contributed by atoms with Crippen LogP contribution in [0.4, 0.5) is 8.78 Å². The standard InChI is InChI=1S/C24H22F2N2O2/c1-15-20(14-27)22(19-10-9-18(26)12-17(19)13-25)23(24(29)30-2)21(28-15)11-8-16-6-4-3-5-7-16/h3-7,9-10,12,22,28H,8,11,13H2,1-2H3. The Hall–Kier alpha value is -3.46. The van der Waals surface area contributed by atoms with Gasteiger partial charge in [0.1, 0.15) is 12.5 Å². The van der Waals surface area contributed by atoms with Gasteiger partial charge in [-0.3, -0.25) is 0 Å². The molecule has 1 unspecified atom stereocenters. The normalized spacial score (nSPS) is 16.2. The lowest BCUT2D eigenvalue weighted by Gasteiger charge is -2.30. The Labute approximate surface area is 174 Å². The van der Waals surface area contributed by atoms with Crippen LogP contribution in [0.5, 0.6) is 0 Å². The average Bonchev–Trinajstić information content (AvgIpc) is 2.77. The van der Waals surface area contributed by atoms with E-state index in [2.05, 4.69) is 11.4 Å². The van der Waals surface area contributed by atoms with Crippen molar-refractivity contribution in [3.8, 4) is 6.07 Å². The minimum atomic E-state index is -0.914. The molecule has 1 aliphatic heterocycles. The van der Waals surface area contributed by atoms with E-state index in [-0.39, 0.29) is 16.7 Å². The van der Waals surface area contributed by atoms with Crippen molar-refractivity contribution in [1.82, 2.24) is 5.32 Å². The van der Waals surface area contributed by atoms with Gasteiger partial charge in [0, 0.05) is 11.4 Å². The number of allylic oxidation sites excluding steroid dienone is 3. The SMILES string of the molecule is COC(=O)C1=C(CCc2ccccc2)NC(C)=C(C#N)C1c1ccc(F)cc1CF. The van der Waals surface area contributed by atoms with Crippen molar-refractivity contribution < 1.29 is 18.3 Å². The second-order valence-electron chi connectivity index (χ2n) is 7.05. The van der Waals surface area contributed by atoms with Crippen LogP contribution in [-0.2, 0) is 22.6 Å². The molecule has 6 heteroatoms. The Morgan fingerprint density at radius 2 is 1.93 bits per heavy atom. The summed E-state index contributed by atoms with van der Waals surface area (Å²) in [5.41, 5.74) is 3.29. The van der Waals surface area contributed by atoms with E-state index in [1.165, 1.54) is 19.2 Å². The molecule has 1 N–H and O–H groups in total. The lowest BCUT2D eigenvalue weighted by atomic mass is 9.78. The van der Waals surface area contributed by atoms with Gasteiger partial charge in [-0.2, -0.15) is 5.26 Å². The molecule has 2 aromatic rings. The van der Waals surface area contributed by atoms with Crippen molar-refractivity contribution in [3.63, 3.8) is 0 Å². The van der Waals surface area contributed by atoms with E-state index in [0.717, 1.165) is 11.6 Å². The average molecular weight is 408 g/mol. The maximum absolute atomic E-state index is 13.7. The summed E-state index contributed by atoms with van der Waals surface area (Å²) >= 11 is 0. The topological polar surface area (TPSA) is 62.1 Å². The maximum Gasteiger partial charge on any atom is 0.336 e. The van der Waals surface area contributed by atoms with Crippen LogP contribution in [0.2, 0.25) is 0 Å². The molecule has 0 fully saturated rings. The van der Waals surface area contributed by atoms with E-state index in [1.807, 2.05) is 30.3 Å². The molecule has 0 aromatic heterocycles. The number of carbonyl (C=O) groups is 1. The highest BCUT2D eigenvalue weighted by Crippen LogP contribution is 2.41. The quantitative estimate of drug-likeness (QED) is 0.695. The van der Waals surface area contributed by atoms with Gasteiger partial charge < -0.3 is 10.1 Å². The van der Waals surface area contributed by atoms with Crippen molar-refractivity contribution in [2.75, 3.05) is 7.11 Å². The minimum absolute atomic E-state index is 0.103. The summed E-state index contributed by atoms with van der Waals surface area (Å²) in [6, 6.07) is 15.6. The summed E-state index contributed by atoms with van der Waals surface area (Å²) in [6.07, 6.45) is 1.15. The lowest BCUT2D eigenvalue weighted by molar-refractivity contribution is -0.136. The third-order valence-electron chi connectivity index (χ3n) is 5.24. The number of methoxy groups -OCH3 is 1. The van der Waals surface area contributed by atoms with E-state index < -0.39 is 24.4 Å². The van der Waals surface area contributed by atoms with E-state index in [9.17, 15) is 18.8 Å². The first kappa shape index (κ1) is 21.3. The van der Waals surface area contributed by atoms with Crippen LogP contribution in [0.25, 0.3) is 0 Å². The van der Waals surface area contributed by atoms with Gasteiger partial charge in [0.25, 0.3) is 0 Å². The second-order valence-corrected chi connectivity index (χ2v) is 7.05. The summed E-state index contributed by atoms with van der Waals surface area (Å²) in [6.45, 7) is 0.823. The summed E-state index contributed by atoms with van der Waals surface area (Å²) in [5, 5.41) is 13.0. The number of rotatable bonds is 6. The number of nitrogens with zero attached hydrogens (tertiary/aromatic N) is 1. The van der Waals surface area contributed by atoms with Crippen LogP contribution in [0.15, 0.2) is 71.1 Å². The zero-order chi connectivity index (χ0) is 21.7. The molecule has 0 bridgehead atoms. The van der Waals surface area contributed by atoms with Crippen LogP contribution in [0, 0.1) is 17.1 Å². The number of benzene rings is 2. The van der Waals surface area contributed by atoms with Gasteiger partial charge in [-0.15, -0.1) is 0 Å². The Bertz CT molecular complexity index is 1050. The van der Waals surface area contributed by atoms with Crippen molar-refractivity contribution in [3.05, 3.63) is 93.6 Å². The van der Waals surface area contributed by atoms with E-state index in [0.29, 0.717) is 29.8 Å². The molecule has 0 saturated heterocycles. The third-order valence-corrected chi connectivity index (χ3v) is 5.24. The first-order valence-corrected chi connectivity index (χ1v) is 9.57. The highest BCUT2D eigenvalue weighted by atomic mass is 19.1. The Balaban J connectivity index is 2.13. The van der Waals surface area contributed by atoms with Gasteiger partial charge in [-0.1, -0.05) is 36.4 Å². The molecule has 1 atom stereocenters. The molecule has 0 radical (unpaired) electrons. The molecule has 3 rings (SSSR count). The molecular weight excluding hydrogens is 386 g/mol. The number of nitrogens with one attached hydrogen (secondary N) is 1. The fourth-order valence-corrected chi connectivity index (χ4v) is 3.79. The Kier molecular flexibility index (Phi) is 6.63. The summed E-state index contributed by atoms with van der Waals surface area (Å²) < 4.78 is 32.4. The third kappa shape index (κ3) is 4.25. The van der Waals surface area contributed by atoms with Gasteiger partial charge >= 0.3 is 5.97 Å². The van der Waals surface area contributed by atoms with E-state index >= 15 is 0 Å². The zero-order valence-electron chi connectivity index (χ0n) is 16.8. The monoisotopic (exact) mass is 408 g/mol. The van der Waals surface area contributed by atoms with Crippen molar-refractivity contribution in [2.45, 2.75) is 32.4 Å². The van der Waals surface area contributed by atoms with Crippen molar-refractivity contribution >= 4 is 5.97 Å². The number of dihydropyridines is 1. The molecule has 0 amide bonds. The molecule has 0 aliphatic carbocycles. The fourth-order valence-electron chi connectivity index (χ4n) is 3.79. The smallest absolute Gasteiger partial charge is 0.336 e. The van der Waals surface area contributed by atoms with Crippen LogP contribution in [-0.4, -0.2) is 13.1 Å². The largest absolute Gasteiger partial charge is 0.466 e. The molecule has 154 valence electrons. The molecule has 1 aliphatic rings. The van der Waals surface area contributed by atoms with Gasteiger partial charge in [-0.25, -0.2) is 13.6 Å². The summed E-state index contributed by atoms with van der Waals surface area (Å²) in [4.78, 5) is 12.8. The van der Waals surface area contributed by atoms with Crippen LogP contribution in [0.1, 0.15) is 36.0 Å². The number of ether oxygens (including phenoxy) is 1. The number of esters is 1. The first-order valence-electron chi connectivity index (χ1n) is 9.57. The molecule has 0 saturated carbocycles. The number of halogens is 2. The number of hydrogen-bond acceptors (Lipinski definition) is 4. The van der Waals surface area contributed by atoms with Gasteiger partial charge in [0.15, 0.2) is 0 Å². The van der Waals surface area contributed by atoms with Crippen LogP contribution < -0.4 is 5.32 Å². The molecule has 2 aromatic carbocycles. The predicted molar refractivity (Wildman–Crippen MR) is 109 cm³/mol. The van der Waals surface area contributed by atoms with Crippen LogP contribution in [0.3, 0.4) is 0 Å². The van der Waals surface area contributed by atoms with Gasteiger partial charge in [0.2, 0.25) is 0 Å². The number of nitriles is 1. The van der Waals surface area contributed by atoms with Crippen LogP contribution >= 0.6 is 0 Å². The number of hydrogen-bond donors (Lipinski definition) is 1. The maximum atomic E-state index is 13.7. The Morgan fingerprint density at radius 1 is 1.20 bits per heavy atom. The molecule has 0 spiro atoms. The molecule has 4 nitrogen and oxygen atoms in total. The van der Waals surface area contributed by atoms with Crippen molar-refractivity contribution in [1.29, 1.82) is 5.26 Å².